The molecule has 18 heteroatoms. The Kier molecular flexibility index (Phi) is 7.09. The van der Waals surface area contributed by atoms with Crippen LogP contribution in [0, 0.1) is 6.92 Å². The van der Waals surface area contributed by atoms with E-state index in [1.54, 1.807) is 0 Å². The molecule has 1 aromatic heterocycles. The van der Waals surface area contributed by atoms with Crippen molar-refractivity contribution in [3.8, 4) is 0 Å². The van der Waals surface area contributed by atoms with E-state index < -0.39 is 53.2 Å². The van der Waals surface area contributed by atoms with Gasteiger partial charge in [0.15, 0.2) is 6.23 Å². The summed E-state index contributed by atoms with van der Waals surface area (Å²) < 4.78 is 52.2. The Morgan fingerprint density at radius 2 is 1.87 bits per heavy atom. The van der Waals surface area contributed by atoms with E-state index in [1.165, 1.54) is 25.3 Å². The molecule has 2 unspecified atom stereocenters. The molecule has 2 rings (SSSR count). The van der Waals surface area contributed by atoms with Crippen LogP contribution in [-0.4, -0.2) is 41.3 Å². The first-order chi connectivity index (χ1) is 13.6. The topological polar surface area (TPSA) is 224 Å². The summed E-state index contributed by atoms with van der Waals surface area (Å²) in [6.07, 6.45) is 3.91. The molecule has 0 saturated carbocycles. The zero-order chi connectivity index (χ0) is 23.0. The Hall–Kier alpha value is -1.47. The van der Waals surface area contributed by atoms with E-state index in [4.69, 9.17) is 19.4 Å². The van der Waals surface area contributed by atoms with E-state index in [-0.39, 0.29) is 5.56 Å². The Morgan fingerprint density at radius 1 is 1.23 bits per heavy atom. The molecule has 168 valence electrons. The lowest BCUT2D eigenvalue weighted by Gasteiger charge is -2.27. The minimum Gasteiger partial charge on any atom is -0.337 e. The van der Waals surface area contributed by atoms with Gasteiger partial charge in [0.1, 0.15) is 5.60 Å². The van der Waals surface area contributed by atoms with Crippen LogP contribution in [0.2, 0.25) is 0 Å². The third kappa shape index (κ3) is 6.51. The highest BCUT2D eigenvalue weighted by molar-refractivity contribution is 7.66. The third-order valence-electron chi connectivity index (χ3n) is 3.52. The number of ether oxygens (including phenoxy) is 1. The van der Waals surface area contributed by atoms with Gasteiger partial charge in [0.05, 0.1) is 6.61 Å². The number of rotatable bonds is 9. The first-order valence-electron chi connectivity index (χ1n) is 7.68. The highest BCUT2D eigenvalue weighted by atomic mass is 31.3. The minimum atomic E-state index is -5.67. The van der Waals surface area contributed by atoms with Crippen LogP contribution in [0.15, 0.2) is 40.6 Å². The molecule has 15 nitrogen and oxygen atoms in total. The molecule has 0 amide bonds. The molecular weight excluding hydrogens is 473 g/mol. The molecule has 0 saturated heterocycles. The number of phosphoric acid groups is 3. The molecule has 1 aliphatic heterocycles. The molecule has 2 heterocycles. The van der Waals surface area contributed by atoms with Gasteiger partial charge in [0, 0.05) is 11.8 Å². The summed E-state index contributed by atoms with van der Waals surface area (Å²) in [7, 11) is -16.6. The third-order valence-corrected chi connectivity index (χ3v) is 7.30. The predicted molar refractivity (Wildman–Crippen MR) is 98.1 cm³/mol. The molecule has 0 aliphatic carbocycles. The maximum atomic E-state index is 12.0. The van der Waals surface area contributed by atoms with E-state index >= 15 is 0 Å². The van der Waals surface area contributed by atoms with Crippen molar-refractivity contribution in [1.29, 1.82) is 0 Å². The van der Waals surface area contributed by atoms with Crippen molar-refractivity contribution in [3.63, 3.8) is 0 Å². The molecule has 30 heavy (non-hydrogen) atoms. The van der Waals surface area contributed by atoms with Gasteiger partial charge in [-0.25, -0.2) is 18.5 Å². The van der Waals surface area contributed by atoms with E-state index in [2.05, 4.69) is 24.7 Å². The van der Waals surface area contributed by atoms with Gasteiger partial charge in [-0.1, -0.05) is 12.7 Å². The van der Waals surface area contributed by atoms with Gasteiger partial charge in [-0.3, -0.25) is 18.9 Å². The van der Waals surface area contributed by atoms with Crippen LogP contribution in [0.25, 0.3) is 0 Å². The first kappa shape index (κ1) is 24.8. The smallest absolute Gasteiger partial charge is 0.337 e. The maximum Gasteiger partial charge on any atom is 0.490 e. The minimum absolute atomic E-state index is 0.205. The Morgan fingerprint density at radius 3 is 2.43 bits per heavy atom. The molecule has 5 N–H and O–H groups in total. The normalized spacial score (nSPS) is 25.6. The van der Waals surface area contributed by atoms with Gasteiger partial charge >= 0.3 is 29.2 Å². The van der Waals surface area contributed by atoms with Crippen LogP contribution in [-0.2, 0) is 31.6 Å². The summed E-state index contributed by atoms with van der Waals surface area (Å²) in [4.78, 5) is 61.2. The van der Waals surface area contributed by atoms with Gasteiger partial charge in [0.25, 0.3) is 5.56 Å². The fraction of sp³-hybridized carbons (Fsp3) is 0.333. The number of hydrogen-bond donors (Lipinski definition) is 5. The van der Waals surface area contributed by atoms with Crippen LogP contribution < -0.4 is 11.2 Å². The number of nitrogens with zero attached hydrogens (tertiary/aromatic N) is 1. The second-order valence-corrected chi connectivity index (χ2v) is 10.3. The van der Waals surface area contributed by atoms with Crippen molar-refractivity contribution in [2.24, 2.45) is 0 Å². The zero-order valence-corrected chi connectivity index (χ0v) is 17.7. The van der Waals surface area contributed by atoms with Crippen LogP contribution in [0.4, 0.5) is 0 Å². The average Bonchev–Trinajstić information content (AvgIpc) is 2.98. The van der Waals surface area contributed by atoms with Crippen molar-refractivity contribution in [1.82, 2.24) is 9.55 Å². The summed E-state index contributed by atoms with van der Waals surface area (Å²) in [5.41, 5.74) is -2.80. The van der Waals surface area contributed by atoms with Gasteiger partial charge in [-0.2, -0.15) is 8.62 Å². The number of aromatic nitrogens is 2. The van der Waals surface area contributed by atoms with Crippen molar-refractivity contribution in [2.75, 3.05) is 6.61 Å². The zero-order valence-electron chi connectivity index (χ0n) is 15.1. The quantitative estimate of drug-likeness (QED) is 0.231. The van der Waals surface area contributed by atoms with Gasteiger partial charge < -0.3 is 24.3 Å². The fourth-order valence-electron chi connectivity index (χ4n) is 2.22. The maximum absolute atomic E-state index is 12.0. The van der Waals surface area contributed by atoms with E-state index in [0.717, 1.165) is 10.6 Å². The van der Waals surface area contributed by atoms with Gasteiger partial charge in [-0.15, -0.1) is 0 Å². The Labute approximate surface area is 167 Å². The molecule has 0 fully saturated rings. The Bertz CT molecular complexity index is 1120. The van der Waals surface area contributed by atoms with Crippen molar-refractivity contribution >= 4 is 23.5 Å². The molecular formula is C12H17N2O13P3. The number of aryl methyl sites for hydroxylation is 1. The highest BCUT2D eigenvalue weighted by Crippen LogP contribution is 2.66. The number of phosphoric ester groups is 1. The van der Waals surface area contributed by atoms with Crippen molar-refractivity contribution in [2.45, 2.75) is 18.8 Å². The molecule has 0 aromatic carbocycles. The average molecular weight is 490 g/mol. The molecule has 0 radical (unpaired) electrons. The van der Waals surface area contributed by atoms with Crippen LogP contribution in [0.1, 0.15) is 11.8 Å². The van der Waals surface area contributed by atoms with E-state index in [1.807, 2.05) is 0 Å². The summed E-state index contributed by atoms with van der Waals surface area (Å²) in [5, 5.41) is 0. The second-order valence-electron chi connectivity index (χ2n) is 5.87. The molecule has 0 spiro atoms. The summed E-state index contributed by atoms with van der Waals surface area (Å²) in [6.45, 7) is 4.09. The predicted octanol–water partition coefficient (Wildman–Crippen LogP) is 0.198. The summed E-state index contributed by atoms with van der Waals surface area (Å²) in [6, 6.07) is 0. The lowest BCUT2D eigenvalue weighted by molar-refractivity contribution is -0.0547. The molecule has 4 atom stereocenters. The lowest BCUT2D eigenvalue weighted by atomic mass is 10.1. The molecule has 1 aromatic rings. The van der Waals surface area contributed by atoms with Gasteiger partial charge in [-0.05, 0) is 19.1 Å². The monoisotopic (exact) mass is 490 g/mol. The van der Waals surface area contributed by atoms with Crippen LogP contribution in [0.3, 0.4) is 0 Å². The highest BCUT2D eigenvalue weighted by Gasteiger charge is 2.43. The van der Waals surface area contributed by atoms with Crippen molar-refractivity contribution < 1.29 is 51.2 Å². The molecule has 1 aliphatic rings. The fourth-order valence-corrected chi connectivity index (χ4v) is 5.28. The second kappa shape index (κ2) is 8.58. The number of H-pyrrole nitrogens is 1. The van der Waals surface area contributed by atoms with E-state index in [9.17, 15) is 28.2 Å². The SMILES string of the molecule is C=C[C@@]1(COP(=O)(O)OP(=O)(O)OP(=O)(O)O)C=C[C@H](n2cc(C)c(=O)[nH]c2=O)O1. The largest absolute Gasteiger partial charge is 0.490 e. The number of nitrogens with one attached hydrogen (secondary N) is 1. The van der Waals surface area contributed by atoms with Gasteiger partial charge in [0.2, 0.25) is 0 Å². The number of hydrogen-bond acceptors (Lipinski definition) is 9. The Balaban J connectivity index is 2.13. The van der Waals surface area contributed by atoms with Crippen molar-refractivity contribution in [3.05, 3.63) is 57.4 Å². The lowest BCUT2D eigenvalue weighted by Crippen LogP contribution is -2.36. The summed E-state index contributed by atoms with van der Waals surface area (Å²) >= 11 is 0. The van der Waals surface area contributed by atoms with Crippen LogP contribution >= 0.6 is 23.5 Å². The molecule has 0 bridgehead atoms. The standard InChI is InChI=1S/C12H17N2O13P3/c1-3-12(7-24-29(20,21)27-30(22,23)26-28(17,18)19)5-4-9(25-12)14-6-8(2)10(15)13-11(14)16/h3-6,9H,1,7H2,2H3,(H,20,21)(H,22,23)(H,13,15,16)(H2,17,18,19)/t9-,12+/m1/s1. The van der Waals surface area contributed by atoms with Crippen LogP contribution in [0.5, 0.6) is 0 Å². The van der Waals surface area contributed by atoms with E-state index in [0.29, 0.717) is 0 Å². The first-order valence-corrected chi connectivity index (χ1v) is 12.2. The number of aromatic amines is 1. The summed E-state index contributed by atoms with van der Waals surface area (Å²) in [5.74, 6) is 0.